The smallest absolute Gasteiger partial charge is 0.205 e. The molecular weight excluding hydrogens is 268 g/mol. The Morgan fingerprint density at radius 2 is 2.15 bits per heavy atom. The first kappa shape index (κ1) is 12.4. The van der Waals surface area contributed by atoms with E-state index in [0.717, 1.165) is 16.5 Å². The van der Waals surface area contributed by atoms with Crippen LogP contribution in [0.15, 0.2) is 52.9 Å². The molecule has 3 aromatic rings. The van der Waals surface area contributed by atoms with Gasteiger partial charge in [0.2, 0.25) is 5.78 Å². The van der Waals surface area contributed by atoms with E-state index < -0.39 is 0 Å². The highest BCUT2D eigenvalue weighted by Gasteiger charge is 2.16. The van der Waals surface area contributed by atoms with Crippen LogP contribution in [-0.4, -0.2) is 10.8 Å². The predicted molar refractivity (Wildman–Crippen MR) is 80.5 cm³/mol. The van der Waals surface area contributed by atoms with E-state index >= 15 is 0 Å². The van der Waals surface area contributed by atoms with E-state index in [0.29, 0.717) is 5.56 Å². The van der Waals surface area contributed by atoms with Gasteiger partial charge in [-0.1, -0.05) is 18.2 Å². The Kier molecular flexibility index (Phi) is 3.20. The average Bonchev–Trinajstić information content (AvgIpc) is 3.13. The number of hydrogen-bond acceptors (Lipinski definition) is 3. The number of Topliss-reactive ketones (excluding diaryl/α,β-unsaturated/α-hetero) is 1. The minimum atomic E-state index is -0.254. The van der Waals surface area contributed by atoms with Gasteiger partial charge in [0.05, 0.1) is 0 Å². The number of allylic oxidation sites excluding steroid dienone is 1. The Morgan fingerprint density at radius 1 is 1.30 bits per heavy atom. The molecule has 3 nitrogen and oxygen atoms in total. The third kappa shape index (κ3) is 2.15. The van der Waals surface area contributed by atoms with Crippen molar-refractivity contribution in [3.05, 3.63) is 64.0 Å². The summed E-state index contributed by atoms with van der Waals surface area (Å²) >= 11 is 1.53. The molecule has 0 aliphatic heterocycles. The Labute approximate surface area is 119 Å². The fourth-order valence-corrected chi connectivity index (χ4v) is 2.69. The second-order valence-corrected chi connectivity index (χ2v) is 5.08. The highest BCUT2D eigenvalue weighted by atomic mass is 32.1. The zero-order valence-electron chi connectivity index (χ0n) is 10.5. The van der Waals surface area contributed by atoms with E-state index in [9.17, 15) is 10.1 Å². The van der Waals surface area contributed by atoms with E-state index in [1.165, 1.54) is 11.3 Å². The molecule has 3 rings (SSSR count). The van der Waals surface area contributed by atoms with Crippen molar-refractivity contribution in [2.45, 2.75) is 0 Å². The summed E-state index contributed by atoms with van der Waals surface area (Å²) in [5, 5.41) is 13.9. The topological polar surface area (TPSA) is 56.6 Å². The zero-order valence-corrected chi connectivity index (χ0v) is 11.3. The molecule has 2 aromatic heterocycles. The summed E-state index contributed by atoms with van der Waals surface area (Å²) in [6.07, 6.45) is 3.28. The van der Waals surface area contributed by atoms with Crippen LogP contribution in [0.2, 0.25) is 0 Å². The van der Waals surface area contributed by atoms with Crippen molar-refractivity contribution >= 4 is 34.1 Å². The number of fused-ring (bicyclic) bond motifs is 1. The number of carbonyl (C=O) groups excluding carboxylic acids is 1. The van der Waals surface area contributed by atoms with Crippen LogP contribution >= 0.6 is 11.3 Å². The second-order valence-electron chi connectivity index (χ2n) is 4.30. The lowest BCUT2D eigenvalue weighted by atomic mass is 10.0. The van der Waals surface area contributed by atoms with Crippen LogP contribution in [0.3, 0.4) is 0 Å². The minimum absolute atomic E-state index is 0.146. The summed E-state index contributed by atoms with van der Waals surface area (Å²) < 4.78 is 0. The summed E-state index contributed by atoms with van der Waals surface area (Å²) in [5.74, 6) is -0.254. The maximum absolute atomic E-state index is 12.5. The molecule has 0 radical (unpaired) electrons. The van der Waals surface area contributed by atoms with Gasteiger partial charge in [-0.2, -0.15) is 16.6 Å². The fraction of sp³-hybridized carbons (Fsp3) is 0. The Hall–Kier alpha value is -2.64. The lowest BCUT2D eigenvalue weighted by molar-refractivity contribution is 0.104. The van der Waals surface area contributed by atoms with Crippen molar-refractivity contribution in [2.24, 2.45) is 0 Å². The number of carbonyl (C=O) groups is 1. The summed E-state index contributed by atoms with van der Waals surface area (Å²) in [4.78, 5) is 15.5. The van der Waals surface area contributed by atoms with Gasteiger partial charge in [-0.25, -0.2) is 0 Å². The van der Waals surface area contributed by atoms with E-state index in [4.69, 9.17) is 0 Å². The zero-order chi connectivity index (χ0) is 13.9. The molecule has 0 amide bonds. The van der Waals surface area contributed by atoms with Crippen LogP contribution in [0.25, 0.3) is 17.0 Å². The van der Waals surface area contributed by atoms with Crippen LogP contribution in [0, 0.1) is 11.3 Å². The molecule has 20 heavy (non-hydrogen) atoms. The van der Waals surface area contributed by atoms with Gasteiger partial charge >= 0.3 is 0 Å². The number of H-pyrrole nitrogens is 1. The van der Waals surface area contributed by atoms with Gasteiger partial charge in [-0.05, 0) is 34.5 Å². The van der Waals surface area contributed by atoms with Crippen molar-refractivity contribution in [3.8, 4) is 6.07 Å². The van der Waals surface area contributed by atoms with Crippen LogP contribution in [0.4, 0.5) is 0 Å². The predicted octanol–water partition coefficient (Wildman–Crippen LogP) is 4.02. The van der Waals surface area contributed by atoms with Crippen molar-refractivity contribution in [1.29, 1.82) is 5.26 Å². The van der Waals surface area contributed by atoms with Crippen LogP contribution in [-0.2, 0) is 0 Å². The number of hydrogen-bond donors (Lipinski definition) is 1. The van der Waals surface area contributed by atoms with Crippen molar-refractivity contribution < 1.29 is 4.79 Å². The Bertz CT molecular complexity index is 835. The number of nitriles is 1. The minimum Gasteiger partial charge on any atom is -0.360 e. The lowest BCUT2D eigenvalue weighted by Crippen LogP contribution is -2.00. The van der Waals surface area contributed by atoms with Crippen molar-refractivity contribution in [2.75, 3.05) is 0 Å². The molecule has 0 aliphatic rings. The summed E-state index contributed by atoms with van der Waals surface area (Å²) in [5.41, 5.74) is 2.44. The van der Waals surface area contributed by atoms with Gasteiger partial charge in [0, 0.05) is 22.7 Å². The number of rotatable bonds is 3. The number of nitrogens with one attached hydrogen (secondary N) is 1. The number of benzene rings is 1. The number of nitrogens with zero attached hydrogens (tertiary/aromatic N) is 1. The molecule has 2 heterocycles. The highest BCUT2D eigenvalue weighted by molar-refractivity contribution is 7.08. The molecule has 0 saturated heterocycles. The van der Waals surface area contributed by atoms with E-state index in [-0.39, 0.29) is 11.4 Å². The van der Waals surface area contributed by atoms with Gasteiger partial charge in [0.1, 0.15) is 11.6 Å². The van der Waals surface area contributed by atoms with Gasteiger partial charge in [0.25, 0.3) is 0 Å². The monoisotopic (exact) mass is 278 g/mol. The molecule has 0 unspecified atom stereocenters. The first-order valence-corrected chi connectivity index (χ1v) is 6.98. The third-order valence-electron chi connectivity index (χ3n) is 3.05. The molecule has 4 heteroatoms. The number of aromatic amines is 1. The SMILES string of the molecule is N#C/C(=C\c1ccsc1)C(=O)c1c[nH]c2ccccc12. The lowest BCUT2D eigenvalue weighted by Gasteiger charge is -1.97. The largest absolute Gasteiger partial charge is 0.360 e. The fourth-order valence-electron chi connectivity index (χ4n) is 2.08. The molecule has 0 spiro atoms. The van der Waals surface area contributed by atoms with E-state index in [1.807, 2.05) is 47.2 Å². The van der Waals surface area contributed by atoms with Crippen LogP contribution < -0.4 is 0 Å². The maximum Gasteiger partial charge on any atom is 0.205 e. The van der Waals surface area contributed by atoms with Gasteiger partial charge < -0.3 is 4.98 Å². The van der Waals surface area contributed by atoms with Gasteiger partial charge in [-0.15, -0.1) is 0 Å². The molecule has 1 N–H and O–H groups in total. The van der Waals surface area contributed by atoms with Gasteiger partial charge in [-0.3, -0.25) is 4.79 Å². The molecule has 96 valence electrons. The molecule has 0 saturated carbocycles. The van der Waals surface area contributed by atoms with E-state index in [1.54, 1.807) is 12.3 Å². The Morgan fingerprint density at radius 3 is 2.90 bits per heavy atom. The summed E-state index contributed by atoms with van der Waals surface area (Å²) in [6, 6.07) is 11.4. The first-order chi connectivity index (χ1) is 9.79. The average molecular weight is 278 g/mol. The maximum atomic E-state index is 12.5. The summed E-state index contributed by atoms with van der Waals surface area (Å²) in [6.45, 7) is 0. The van der Waals surface area contributed by atoms with Gasteiger partial charge in [0.15, 0.2) is 0 Å². The quantitative estimate of drug-likeness (QED) is 0.447. The Balaban J connectivity index is 2.05. The van der Waals surface area contributed by atoms with Crippen LogP contribution in [0.5, 0.6) is 0 Å². The molecule has 0 fully saturated rings. The molecular formula is C16H10N2OS. The number of aromatic nitrogens is 1. The van der Waals surface area contributed by atoms with Crippen molar-refractivity contribution in [3.63, 3.8) is 0 Å². The first-order valence-electron chi connectivity index (χ1n) is 6.04. The summed E-state index contributed by atoms with van der Waals surface area (Å²) in [7, 11) is 0. The van der Waals surface area contributed by atoms with E-state index in [2.05, 4.69) is 4.98 Å². The molecule has 0 bridgehead atoms. The third-order valence-corrected chi connectivity index (χ3v) is 3.75. The normalized spacial score (nSPS) is 11.4. The van der Waals surface area contributed by atoms with Crippen molar-refractivity contribution in [1.82, 2.24) is 4.98 Å². The number of ketones is 1. The second kappa shape index (κ2) is 5.16. The van der Waals surface area contributed by atoms with Crippen LogP contribution in [0.1, 0.15) is 15.9 Å². The molecule has 1 aromatic carbocycles. The standard InChI is InChI=1S/C16H10N2OS/c17-8-12(7-11-5-6-20-10-11)16(19)14-9-18-15-4-2-1-3-13(14)15/h1-7,9-10,18H/b12-7+. The highest BCUT2D eigenvalue weighted by Crippen LogP contribution is 2.22. The molecule has 0 atom stereocenters. The number of thiophene rings is 1. The molecule has 0 aliphatic carbocycles. The number of para-hydroxylation sites is 1.